The lowest BCUT2D eigenvalue weighted by Gasteiger charge is -2.32. The van der Waals surface area contributed by atoms with Gasteiger partial charge in [-0.15, -0.1) is 0 Å². The largest absolute Gasteiger partial charge is 0.368 e. The minimum Gasteiger partial charge on any atom is -0.368 e. The number of hydrogen-bond donors (Lipinski definition) is 2. The SMILES string of the molecule is Cc1ccc(-c2cc3nccnc3c(NCC3CNCCC3(F)F)n2)cc1. The summed E-state index contributed by atoms with van der Waals surface area (Å²) in [5.74, 6) is -2.99. The Morgan fingerprint density at radius 3 is 2.74 bits per heavy atom. The van der Waals surface area contributed by atoms with Crippen LogP contribution in [-0.2, 0) is 0 Å². The molecule has 0 bridgehead atoms. The summed E-state index contributed by atoms with van der Waals surface area (Å²) in [5.41, 5.74) is 4.10. The van der Waals surface area contributed by atoms with Gasteiger partial charge in [-0.3, -0.25) is 4.98 Å². The molecule has 140 valence electrons. The molecule has 3 heterocycles. The number of benzene rings is 1. The number of aromatic nitrogens is 3. The highest BCUT2D eigenvalue weighted by Gasteiger charge is 2.41. The number of fused-ring (bicyclic) bond motifs is 1. The second-order valence-electron chi connectivity index (χ2n) is 6.94. The van der Waals surface area contributed by atoms with Gasteiger partial charge in [0.25, 0.3) is 5.92 Å². The molecule has 1 aliphatic rings. The highest BCUT2D eigenvalue weighted by molar-refractivity contribution is 5.88. The molecule has 5 nitrogen and oxygen atoms in total. The van der Waals surface area contributed by atoms with Crippen LogP contribution in [0.2, 0.25) is 0 Å². The van der Waals surface area contributed by atoms with Crippen LogP contribution in [0.4, 0.5) is 14.6 Å². The van der Waals surface area contributed by atoms with Gasteiger partial charge in [-0.05, 0) is 13.0 Å². The van der Waals surface area contributed by atoms with Crippen LogP contribution in [-0.4, -0.2) is 40.5 Å². The summed E-state index contributed by atoms with van der Waals surface area (Å²) in [6.07, 6.45) is 3.05. The van der Waals surface area contributed by atoms with Gasteiger partial charge < -0.3 is 10.6 Å². The molecule has 7 heteroatoms. The van der Waals surface area contributed by atoms with Crippen LogP contribution in [0, 0.1) is 12.8 Å². The molecule has 3 aromatic rings. The van der Waals surface area contributed by atoms with Crippen LogP contribution < -0.4 is 10.6 Å². The number of alkyl halides is 2. The van der Waals surface area contributed by atoms with E-state index in [0.717, 1.165) is 16.8 Å². The van der Waals surface area contributed by atoms with Crippen molar-refractivity contribution in [3.63, 3.8) is 0 Å². The smallest absolute Gasteiger partial charge is 0.255 e. The lowest BCUT2D eigenvalue weighted by Crippen LogP contribution is -2.47. The molecule has 1 unspecified atom stereocenters. The van der Waals surface area contributed by atoms with E-state index in [1.807, 2.05) is 37.3 Å². The molecule has 0 saturated carbocycles. The lowest BCUT2D eigenvalue weighted by molar-refractivity contribution is -0.0728. The van der Waals surface area contributed by atoms with Gasteiger partial charge in [0.15, 0.2) is 5.82 Å². The third kappa shape index (κ3) is 3.73. The third-order valence-corrected chi connectivity index (χ3v) is 4.94. The van der Waals surface area contributed by atoms with Crippen LogP contribution in [0.15, 0.2) is 42.7 Å². The van der Waals surface area contributed by atoms with Gasteiger partial charge in [-0.1, -0.05) is 29.8 Å². The molecule has 1 saturated heterocycles. The molecule has 27 heavy (non-hydrogen) atoms. The molecule has 0 aliphatic carbocycles. The maximum absolute atomic E-state index is 14.1. The van der Waals surface area contributed by atoms with Crippen LogP contribution in [0.1, 0.15) is 12.0 Å². The quantitative estimate of drug-likeness (QED) is 0.735. The monoisotopic (exact) mass is 369 g/mol. The van der Waals surface area contributed by atoms with Crippen molar-refractivity contribution in [2.24, 2.45) is 5.92 Å². The summed E-state index contributed by atoms with van der Waals surface area (Å²) >= 11 is 0. The number of nitrogens with one attached hydrogen (secondary N) is 2. The first-order valence-electron chi connectivity index (χ1n) is 9.04. The first-order valence-corrected chi connectivity index (χ1v) is 9.04. The molecule has 2 N–H and O–H groups in total. The average molecular weight is 369 g/mol. The Labute approximate surface area is 156 Å². The Kier molecular flexibility index (Phi) is 4.70. The highest BCUT2D eigenvalue weighted by Crippen LogP contribution is 2.31. The average Bonchev–Trinajstić information content (AvgIpc) is 2.67. The van der Waals surface area contributed by atoms with Crippen molar-refractivity contribution in [2.45, 2.75) is 19.3 Å². The molecule has 1 aromatic carbocycles. The lowest BCUT2D eigenvalue weighted by atomic mass is 9.95. The van der Waals surface area contributed by atoms with Gasteiger partial charge in [0.05, 0.1) is 17.1 Å². The number of piperidine rings is 1. The van der Waals surface area contributed by atoms with Gasteiger partial charge in [-0.2, -0.15) is 0 Å². The molecule has 1 atom stereocenters. The highest BCUT2D eigenvalue weighted by atomic mass is 19.3. The minimum absolute atomic E-state index is 0.121. The molecule has 1 aliphatic heterocycles. The first kappa shape index (κ1) is 17.7. The number of nitrogens with zero attached hydrogens (tertiary/aromatic N) is 3. The summed E-state index contributed by atoms with van der Waals surface area (Å²) in [6, 6.07) is 9.87. The zero-order valence-corrected chi connectivity index (χ0v) is 15.0. The first-order chi connectivity index (χ1) is 13.0. The molecular formula is C20H21F2N5. The van der Waals surface area contributed by atoms with Crippen molar-refractivity contribution in [3.8, 4) is 11.3 Å². The third-order valence-electron chi connectivity index (χ3n) is 4.94. The molecule has 2 aromatic heterocycles. The van der Waals surface area contributed by atoms with Gasteiger partial charge >= 0.3 is 0 Å². The van der Waals surface area contributed by atoms with E-state index in [-0.39, 0.29) is 19.5 Å². The van der Waals surface area contributed by atoms with Gasteiger partial charge in [0.2, 0.25) is 0 Å². The van der Waals surface area contributed by atoms with Gasteiger partial charge in [-0.25, -0.2) is 18.7 Å². The van der Waals surface area contributed by atoms with Crippen molar-refractivity contribution in [1.29, 1.82) is 0 Å². The second-order valence-corrected chi connectivity index (χ2v) is 6.94. The number of aryl methyl sites for hydroxylation is 1. The fraction of sp³-hybridized carbons (Fsp3) is 0.350. The molecule has 4 rings (SSSR count). The molecule has 0 amide bonds. The summed E-state index contributed by atoms with van der Waals surface area (Å²) in [7, 11) is 0. The molecular weight excluding hydrogens is 348 g/mol. The van der Waals surface area contributed by atoms with E-state index >= 15 is 0 Å². The summed E-state index contributed by atoms with van der Waals surface area (Å²) < 4.78 is 28.3. The van der Waals surface area contributed by atoms with Crippen LogP contribution in [0.3, 0.4) is 0 Å². The van der Waals surface area contributed by atoms with Gasteiger partial charge in [0.1, 0.15) is 5.52 Å². The number of halogens is 2. The van der Waals surface area contributed by atoms with Crippen LogP contribution in [0.25, 0.3) is 22.3 Å². The van der Waals surface area contributed by atoms with Gasteiger partial charge in [0, 0.05) is 44.0 Å². The Morgan fingerprint density at radius 1 is 1.19 bits per heavy atom. The fourth-order valence-corrected chi connectivity index (χ4v) is 3.29. The van der Waals surface area contributed by atoms with Crippen molar-refractivity contribution in [1.82, 2.24) is 20.3 Å². The maximum Gasteiger partial charge on any atom is 0.255 e. The van der Waals surface area contributed by atoms with Crippen molar-refractivity contribution < 1.29 is 8.78 Å². The summed E-state index contributed by atoms with van der Waals surface area (Å²) in [5, 5.41) is 6.14. The zero-order chi connectivity index (χ0) is 18.9. The number of rotatable bonds is 4. The minimum atomic E-state index is -2.69. The maximum atomic E-state index is 14.1. The van der Waals surface area contributed by atoms with Crippen LogP contribution >= 0.6 is 0 Å². The predicted molar refractivity (Wildman–Crippen MR) is 102 cm³/mol. The van der Waals surface area contributed by atoms with Crippen molar-refractivity contribution in [3.05, 3.63) is 48.3 Å². The number of hydrogen-bond acceptors (Lipinski definition) is 5. The van der Waals surface area contributed by atoms with E-state index in [4.69, 9.17) is 0 Å². The molecule has 0 radical (unpaired) electrons. The van der Waals surface area contributed by atoms with Crippen molar-refractivity contribution >= 4 is 16.9 Å². The van der Waals surface area contributed by atoms with E-state index in [2.05, 4.69) is 25.6 Å². The zero-order valence-electron chi connectivity index (χ0n) is 15.0. The standard InChI is InChI=1S/C20H21F2N5/c1-13-2-4-14(5-3-13)16-10-17-18(25-9-8-24-17)19(27-16)26-12-15-11-23-7-6-20(15,21)22/h2-5,8-10,15,23H,6-7,11-12H2,1H3,(H,26,27). The topological polar surface area (TPSA) is 62.7 Å². The summed E-state index contributed by atoms with van der Waals surface area (Å²) in [4.78, 5) is 13.4. The van der Waals surface area contributed by atoms with E-state index in [1.165, 1.54) is 0 Å². The fourth-order valence-electron chi connectivity index (χ4n) is 3.29. The van der Waals surface area contributed by atoms with E-state index in [9.17, 15) is 8.78 Å². The predicted octanol–water partition coefficient (Wildman–Crippen LogP) is 3.66. The van der Waals surface area contributed by atoms with Crippen molar-refractivity contribution in [2.75, 3.05) is 25.0 Å². The Hall–Kier alpha value is -2.67. The number of pyridine rings is 1. The Balaban J connectivity index is 1.67. The van der Waals surface area contributed by atoms with E-state index in [1.54, 1.807) is 12.4 Å². The normalized spacial score (nSPS) is 19.1. The molecule has 1 fully saturated rings. The Morgan fingerprint density at radius 2 is 1.96 bits per heavy atom. The number of anilines is 1. The second kappa shape index (κ2) is 7.15. The molecule has 0 spiro atoms. The van der Waals surface area contributed by atoms with E-state index in [0.29, 0.717) is 23.4 Å². The van der Waals surface area contributed by atoms with E-state index < -0.39 is 11.8 Å². The Bertz CT molecular complexity index is 943. The van der Waals surface area contributed by atoms with Crippen LogP contribution in [0.5, 0.6) is 0 Å². The summed E-state index contributed by atoms with van der Waals surface area (Å²) in [6.45, 7) is 2.77.